The van der Waals surface area contributed by atoms with Crippen molar-refractivity contribution in [2.24, 2.45) is 0 Å². The molecule has 1 saturated carbocycles. The number of carbonyl (C=O) groups excluding carboxylic acids is 1. The maximum atomic E-state index is 12.5. The second-order valence-electron chi connectivity index (χ2n) is 6.32. The van der Waals surface area contributed by atoms with Crippen LogP contribution in [0.15, 0.2) is 29.1 Å². The largest absolute Gasteiger partial charge is 0.496 e. The summed E-state index contributed by atoms with van der Waals surface area (Å²) in [5.74, 6) is 0.672. The fraction of sp³-hybridized carbons (Fsp3) is 0.368. The number of hydrogen-bond acceptors (Lipinski definition) is 4. The lowest BCUT2D eigenvalue weighted by atomic mass is 9.96. The lowest BCUT2D eigenvalue weighted by Gasteiger charge is -2.26. The molecule has 1 aliphatic rings. The molecule has 1 amide bonds. The van der Waals surface area contributed by atoms with Gasteiger partial charge in [0.1, 0.15) is 11.5 Å². The van der Waals surface area contributed by atoms with Gasteiger partial charge in [-0.05, 0) is 50.5 Å². The molecule has 2 aromatic rings. The number of methoxy groups -OCH3 is 1. The minimum atomic E-state index is -0.379. The Bertz CT molecular complexity index is 874. The van der Waals surface area contributed by atoms with Crippen molar-refractivity contribution in [3.8, 4) is 11.5 Å². The van der Waals surface area contributed by atoms with Crippen molar-refractivity contribution in [3.05, 3.63) is 56.5 Å². The predicted octanol–water partition coefficient (Wildman–Crippen LogP) is 3.21. The molecule has 2 N–H and O–H groups in total. The topological polar surface area (TPSA) is 80.4 Å². The normalized spacial score (nSPS) is 13.8. The lowest BCUT2D eigenvalue weighted by Crippen LogP contribution is -2.28. The van der Waals surface area contributed by atoms with Gasteiger partial charge in [0.2, 0.25) is 0 Å². The third kappa shape index (κ3) is 4.02. The summed E-state index contributed by atoms with van der Waals surface area (Å²) in [6.45, 7) is 1.79. The number of rotatable bonds is 6. The fourth-order valence-electron chi connectivity index (χ4n) is 2.73. The van der Waals surface area contributed by atoms with E-state index in [0.29, 0.717) is 33.3 Å². The quantitative estimate of drug-likeness (QED) is 0.811. The third-order valence-corrected chi connectivity index (χ3v) is 4.74. The Balaban J connectivity index is 1.74. The summed E-state index contributed by atoms with van der Waals surface area (Å²) in [5.41, 5.74) is 1.05. The first-order chi connectivity index (χ1) is 12.5. The molecule has 3 rings (SSSR count). The van der Waals surface area contributed by atoms with Gasteiger partial charge in [-0.25, -0.2) is 0 Å². The molecule has 0 bridgehead atoms. The second-order valence-corrected chi connectivity index (χ2v) is 6.73. The summed E-state index contributed by atoms with van der Waals surface area (Å²) in [6, 6.07) is 6.74. The molecule has 0 aliphatic heterocycles. The van der Waals surface area contributed by atoms with E-state index in [1.54, 1.807) is 31.2 Å². The van der Waals surface area contributed by atoms with Crippen molar-refractivity contribution in [2.45, 2.75) is 38.8 Å². The van der Waals surface area contributed by atoms with E-state index in [-0.39, 0.29) is 24.1 Å². The zero-order valence-electron chi connectivity index (χ0n) is 14.7. The highest BCUT2D eigenvalue weighted by atomic mass is 35.5. The van der Waals surface area contributed by atoms with Gasteiger partial charge in [0.05, 0.1) is 35.9 Å². The van der Waals surface area contributed by atoms with Gasteiger partial charge in [0.15, 0.2) is 0 Å². The summed E-state index contributed by atoms with van der Waals surface area (Å²) >= 11 is 6.16. The fourth-order valence-corrected chi connectivity index (χ4v) is 2.94. The predicted molar refractivity (Wildman–Crippen MR) is 99.2 cm³/mol. The summed E-state index contributed by atoms with van der Waals surface area (Å²) in [6.07, 6.45) is 3.43. The SMILES string of the molecule is COc1cc(C)[nH]c(=O)c1CNC(=O)c1cc(OC2CCC2)ccc1Cl. The highest BCUT2D eigenvalue weighted by molar-refractivity contribution is 6.33. The average molecular weight is 377 g/mol. The van der Waals surface area contributed by atoms with Crippen LogP contribution in [0, 0.1) is 6.92 Å². The van der Waals surface area contributed by atoms with Crippen LogP contribution < -0.4 is 20.3 Å². The second kappa shape index (κ2) is 7.83. The van der Waals surface area contributed by atoms with Crippen LogP contribution in [0.4, 0.5) is 0 Å². The molecular formula is C19H21ClN2O4. The van der Waals surface area contributed by atoms with Gasteiger partial charge in [-0.2, -0.15) is 0 Å². The van der Waals surface area contributed by atoms with Crippen LogP contribution in [0.5, 0.6) is 11.5 Å². The number of benzene rings is 1. The molecule has 1 aromatic heterocycles. The highest BCUT2D eigenvalue weighted by Gasteiger charge is 2.20. The van der Waals surface area contributed by atoms with Crippen molar-refractivity contribution in [1.82, 2.24) is 10.3 Å². The summed E-state index contributed by atoms with van der Waals surface area (Å²) in [7, 11) is 1.48. The molecule has 0 unspecified atom stereocenters. The van der Waals surface area contributed by atoms with Crippen LogP contribution in [0.25, 0.3) is 0 Å². The van der Waals surface area contributed by atoms with E-state index in [2.05, 4.69) is 10.3 Å². The van der Waals surface area contributed by atoms with Crippen LogP contribution in [0.3, 0.4) is 0 Å². The van der Waals surface area contributed by atoms with Crippen molar-refractivity contribution < 1.29 is 14.3 Å². The van der Waals surface area contributed by atoms with Crippen molar-refractivity contribution >= 4 is 17.5 Å². The summed E-state index contributed by atoms with van der Waals surface area (Å²) in [5, 5.41) is 3.05. The van der Waals surface area contributed by atoms with E-state index >= 15 is 0 Å². The molecule has 1 aliphatic carbocycles. The van der Waals surface area contributed by atoms with E-state index in [0.717, 1.165) is 12.8 Å². The molecule has 0 radical (unpaired) electrons. The number of carbonyl (C=O) groups is 1. The van der Waals surface area contributed by atoms with E-state index < -0.39 is 0 Å². The number of aromatic nitrogens is 1. The minimum Gasteiger partial charge on any atom is -0.496 e. The highest BCUT2D eigenvalue weighted by Crippen LogP contribution is 2.28. The third-order valence-electron chi connectivity index (χ3n) is 4.41. The van der Waals surface area contributed by atoms with Crippen molar-refractivity contribution in [2.75, 3.05) is 7.11 Å². The molecule has 0 atom stereocenters. The zero-order valence-corrected chi connectivity index (χ0v) is 15.5. The molecule has 6 nitrogen and oxygen atoms in total. The zero-order chi connectivity index (χ0) is 18.7. The number of H-pyrrole nitrogens is 1. The first-order valence-corrected chi connectivity index (χ1v) is 8.87. The molecule has 7 heteroatoms. The number of nitrogens with one attached hydrogen (secondary N) is 2. The molecule has 1 heterocycles. The number of pyridine rings is 1. The Labute approximate surface area is 156 Å². The maximum absolute atomic E-state index is 12.5. The molecule has 0 spiro atoms. The molecule has 1 fully saturated rings. The van der Waals surface area contributed by atoms with E-state index in [9.17, 15) is 9.59 Å². The Hall–Kier alpha value is -2.47. The summed E-state index contributed by atoms with van der Waals surface area (Å²) in [4.78, 5) is 27.4. The number of hydrogen-bond donors (Lipinski definition) is 2. The molecule has 26 heavy (non-hydrogen) atoms. The Morgan fingerprint density at radius 3 is 2.77 bits per heavy atom. The first-order valence-electron chi connectivity index (χ1n) is 8.49. The monoisotopic (exact) mass is 376 g/mol. The van der Waals surface area contributed by atoms with E-state index in [1.165, 1.54) is 13.5 Å². The van der Waals surface area contributed by atoms with Crippen molar-refractivity contribution in [1.29, 1.82) is 0 Å². The number of aromatic amines is 1. The number of aryl methyl sites for hydroxylation is 1. The molecular weight excluding hydrogens is 356 g/mol. The van der Waals surface area contributed by atoms with Crippen LogP contribution >= 0.6 is 11.6 Å². The van der Waals surface area contributed by atoms with Gasteiger partial charge in [-0.1, -0.05) is 11.6 Å². The first kappa shape index (κ1) is 18.3. The maximum Gasteiger partial charge on any atom is 0.256 e. The van der Waals surface area contributed by atoms with E-state index in [1.807, 2.05) is 0 Å². The smallest absolute Gasteiger partial charge is 0.256 e. The van der Waals surface area contributed by atoms with Gasteiger partial charge in [-0.3, -0.25) is 9.59 Å². The average Bonchev–Trinajstić information content (AvgIpc) is 2.57. The Morgan fingerprint density at radius 2 is 2.12 bits per heavy atom. The summed E-state index contributed by atoms with van der Waals surface area (Å²) < 4.78 is 11.0. The Morgan fingerprint density at radius 1 is 1.35 bits per heavy atom. The van der Waals surface area contributed by atoms with Crippen molar-refractivity contribution in [3.63, 3.8) is 0 Å². The molecule has 1 aromatic carbocycles. The van der Waals surface area contributed by atoms with E-state index in [4.69, 9.17) is 21.1 Å². The van der Waals surface area contributed by atoms with Crippen LogP contribution in [-0.2, 0) is 6.54 Å². The standard InChI is InChI=1S/C19H21ClN2O4/c1-11-8-17(25-2)15(19(24)22-11)10-21-18(23)14-9-13(6-7-16(14)20)26-12-4-3-5-12/h6-9,12H,3-5,10H2,1-2H3,(H,21,23)(H,22,24). The van der Waals surface area contributed by atoms with Crippen LogP contribution in [-0.4, -0.2) is 24.1 Å². The number of amides is 1. The van der Waals surface area contributed by atoms with Crippen LogP contribution in [0.1, 0.15) is 40.9 Å². The molecule has 138 valence electrons. The Kier molecular flexibility index (Phi) is 5.52. The number of halogens is 1. The molecule has 0 saturated heterocycles. The minimum absolute atomic E-state index is 0.0294. The van der Waals surface area contributed by atoms with Crippen LogP contribution in [0.2, 0.25) is 5.02 Å². The van der Waals surface area contributed by atoms with Gasteiger partial charge >= 0.3 is 0 Å². The van der Waals surface area contributed by atoms with Gasteiger partial charge in [-0.15, -0.1) is 0 Å². The van der Waals surface area contributed by atoms with Gasteiger partial charge in [0, 0.05) is 5.69 Å². The van der Waals surface area contributed by atoms with Gasteiger partial charge in [0.25, 0.3) is 11.5 Å². The van der Waals surface area contributed by atoms with Gasteiger partial charge < -0.3 is 19.8 Å². The number of ether oxygens (including phenoxy) is 2. The lowest BCUT2D eigenvalue weighted by molar-refractivity contribution is 0.0947.